The number of ether oxygens (including phenoxy) is 3. The second-order valence-electron chi connectivity index (χ2n) is 8.04. The fourth-order valence-corrected chi connectivity index (χ4v) is 2.89. The summed E-state index contributed by atoms with van der Waals surface area (Å²) in [5.41, 5.74) is -0.461. The van der Waals surface area contributed by atoms with Gasteiger partial charge in [0.1, 0.15) is 5.60 Å². The van der Waals surface area contributed by atoms with Gasteiger partial charge in [0.05, 0.1) is 13.2 Å². The molecule has 2 N–H and O–H groups in total. The number of methoxy groups -OCH3 is 1. The SMILES string of the molecule is CCNC(=NCC1CCCN(C(=O)OC(C)(C)C)C1)NCCCOCCOC.I. The van der Waals surface area contributed by atoms with Gasteiger partial charge in [-0.15, -0.1) is 24.0 Å². The highest BCUT2D eigenvalue weighted by Crippen LogP contribution is 2.19. The van der Waals surface area contributed by atoms with E-state index < -0.39 is 5.60 Å². The zero-order valence-electron chi connectivity index (χ0n) is 18.8. The van der Waals surface area contributed by atoms with E-state index in [2.05, 4.69) is 17.6 Å². The van der Waals surface area contributed by atoms with Crippen molar-refractivity contribution in [3.63, 3.8) is 0 Å². The molecular formula is C20H41IN4O4. The third-order valence-electron chi connectivity index (χ3n) is 4.21. The van der Waals surface area contributed by atoms with Crippen LogP contribution in [0.25, 0.3) is 0 Å². The molecule has 0 aliphatic carbocycles. The Labute approximate surface area is 193 Å². The highest BCUT2D eigenvalue weighted by atomic mass is 127. The molecule has 0 saturated carbocycles. The number of nitrogens with zero attached hydrogens (tertiary/aromatic N) is 2. The third-order valence-corrected chi connectivity index (χ3v) is 4.21. The summed E-state index contributed by atoms with van der Waals surface area (Å²) in [4.78, 5) is 18.8. The van der Waals surface area contributed by atoms with Crippen LogP contribution in [0.5, 0.6) is 0 Å². The highest BCUT2D eigenvalue weighted by molar-refractivity contribution is 14.0. The second kappa shape index (κ2) is 16.0. The summed E-state index contributed by atoms with van der Waals surface area (Å²) in [7, 11) is 1.67. The molecule has 0 bridgehead atoms. The minimum absolute atomic E-state index is 0. The van der Waals surface area contributed by atoms with Crippen molar-refractivity contribution >= 4 is 36.0 Å². The van der Waals surface area contributed by atoms with E-state index in [4.69, 9.17) is 19.2 Å². The first-order chi connectivity index (χ1) is 13.4. The molecule has 0 aromatic heterocycles. The molecule has 0 radical (unpaired) electrons. The number of guanidine groups is 1. The Bertz CT molecular complexity index is 472. The molecular weight excluding hydrogens is 487 g/mol. The standard InChI is InChI=1S/C20H40N4O4.HI/c1-6-21-18(22-10-8-12-27-14-13-26-5)23-15-17-9-7-11-24(16-17)19(25)28-20(2,3)4;/h17H,6-16H2,1-5H3,(H2,21,22,23);1H. The summed E-state index contributed by atoms with van der Waals surface area (Å²) in [5, 5.41) is 6.61. The second-order valence-corrected chi connectivity index (χ2v) is 8.04. The van der Waals surface area contributed by atoms with Gasteiger partial charge in [0, 0.05) is 46.4 Å². The van der Waals surface area contributed by atoms with Crippen LogP contribution in [0, 0.1) is 5.92 Å². The van der Waals surface area contributed by atoms with E-state index in [1.807, 2.05) is 25.7 Å². The highest BCUT2D eigenvalue weighted by Gasteiger charge is 2.27. The topological polar surface area (TPSA) is 84.4 Å². The molecule has 172 valence electrons. The van der Waals surface area contributed by atoms with Crippen LogP contribution in [0.4, 0.5) is 4.79 Å². The van der Waals surface area contributed by atoms with Gasteiger partial charge in [0.2, 0.25) is 0 Å². The lowest BCUT2D eigenvalue weighted by Crippen LogP contribution is -2.44. The van der Waals surface area contributed by atoms with Gasteiger partial charge in [-0.25, -0.2) is 4.79 Å². The summed E-state index contributed by atoms with van der Waals surface area (Å²) >= 11 is 0. The van der Waals surface area contributed by atoms with Crippen LogP contribution in [0.2, 0.25) is 0 Å². The Morgan fingerprint density at radius 3 is 2.62 bits per heavy atom. The summed E-state index contributed by atoms with van der Waals surface area (Å²) in [6.07, 6.45) is 2.75. The van der Waals surface area contributed by atoms with E-state index in [-0.39, 0.29) is 30.1 Å². The predicted octanol–water partition coefficient (Wildman–Crippen LogP) is 2.86. The van der Waals surface area contributed by atoms with E-state index >= 15 is 0 Å². The molecule has 8 nitrogen and oxygen atoms in total. The number of nitrogens with one attached hydrogen (secondary N) is 2. The van der Waals surface area contributed by atoms with Crippen molar-refractivity contribution in [1.29, 1.82) is 0 Å². The summed E-state index contributed by atoms with van der Waals surface area (Å²) in [6.45, 7) is 13.5. The number of aliphatic imine (C=N–C) groups is 1. The van der Waals surface area contributed by atoms with Gasteiger partial charge in [-0.05, 0) is 52.9 Å². The molecule has 29 heavy (non-hydrogen) atoms. The number of carbonyl (C=O) groups excluding carboxylic acids is 1. The lowest BCUT2D eigenvalue weighted by molar-refractivity contribution is 0.0170. The molecule has 1 aliphatic heterocycles. The largest absolute Gasteiger partial charge is 0.444 e. The normalized spacial score (nSPS) is 17.5. The Balaban J connectivity index is 0.00000784. The molecule has 0 aromatic carbocycles. The Kier molecular flexibility index (Phi) is 15.5. The lowest BCUT2D eigenvalue weighted by atomic mass is 9.98. The molecule has 0 spiro atoms. The van der Waals surface area contributed by atoms with E-state index in [1.54, 1.807) is 7.11 Å². The minimum Gasteiger partial charge on any atom is -0.444 e. The third kappa shape index (κ3) is 13.9. The molecule has 1 rings (SSSR count). The first-order valence-corrected chi connectivity index (χ1v) is 10.4. The van der Waals surface area contributed by atoms with Crippen molar-refractivity contribution in [3.8, 4) is 0 Å². The summed E-state index contributed by atoms with van der Waals surface area (Å²) in [5.74, 6) is 1.17. The van der Waals surface area contributed by atoms with Crippen LogP contribution in [0.3, 0.4) is 0 Å². The van der Waals surface area contributed by atoms with Crippen LogP contribution in [0.15, 0.2) is 4.99 Å². The smallest absolute Gasteiger partial charge is 0.410 e. The van der Waals surface area contributed by atoms with Crippen molar-refractivity contribution in [2.24, 2.45) is 10.9 Å². The monoisotopic (exact) mass is 528 g/mol. The molecule has 1 heterocycles. The Hall–Kier alpha value is -0.810. The number of hydrogen-bond donors (Lipinski definition) is 2. The number of halogens is 1. The molecule has 1 saturated heterocycles. The number of amides is 1. The van der Waals surface area contributed by atoms with Gasteiger partial charge in [-0.3, -0.25) is 4.99 Å². The van der Waals surface area contributed by atoms with Crippen molar-refractivity contribution in [1.82, 2.24) is 15.5 Å². The fourth-order valence-electron chi connectivity index (χ4n) is 2.89. The van der Waals surface area contributed by atoms with Crippen LogP contribution in [-0.2, 0) is 14.2 Å². The predicted molar refractivity (Wildman–Crippen MR) is 127 cm³/mol. The maximum Gasteiger partial charge on any atom is 0.410 e. The first kappa shape index (κ1) is 28.2. The first-order valence-electron chi connectivity index (χ1n) is 10.4. The van der Waals surface area contributed by atoms with Gasteiger partial charge in [0.15, 0.2) is 5.96 Å². The van der Waals surface area contributed by atoms with Crippen LogP contribution >= 0.6 is 24.0 Å². The average Bonchev–Trinajstić information content (AvgIpc) is 2.64. The maximum absolute atomic E-state index is 12.3. The van der Waals surface area contributed by atoms with Gasteiger partial charge in [-0.2, -0.15) is 0 Å². The molecule has 1 fully saturated rings. The van der Waals surface area contributed by atoms with Crippen molar-refractivity contribution in [2.75, 3.05) is 59.7 Å². The van der Waals surface area contributed by atoms with Crippen molar-refractivity contribution < 1.29 is 19.0 Å². The quantitative estimate of drug-likeness (QED) is 0.196. The van der Waals surface area contributed by atoms with E-state index in [0.29, 0.717) is 38.8 Å². The van der Waals surface area contributed by atoms with Crippen molar-refractivity contribution in [2.45, 2.75) is 52.6 Å². The van der Waals surface area contributed by atoms with Gasteiger partial charge in [-0.1, -0.05) is 0 Å². The number of rotatable bonds is 10. The molecule has 1 amide bonds. The number of likely N-dealkylation sites (tertiary alicyclic amines) is 1. The van der Waals surface area contributed by atoms with Crippen molar-refractivity contribution in [3.05, 3.63) is 0 Å². The molecule has 1 unspecified atom stereocenters. The number of piperidine rings is 1. The van der Waals surface area contributed by atoms with E-state index in [1.165, 1.54) is 0 Å². The minimum atomic E-state index is -0.461. The molecule has 1 atom stereocenters. The average molecular weight is 528 g/mol. The Morgan fingerprint density at radius 1 is 1.21 bits per heavy atom. The van der Waals surface area contributed by atoms with Gasteiger partial charge >= 0.3 is 6.09 Å². The molecule has 1 aliphatic rings. The molecule has 9 heteroatoms. The number of carbonyl (C=O) groups is 1. The van der Waals surface area contributed by atoms with Crippen LogP contribution < -0.4 is 10.6 Å². The maximum atomic E-state index is 12.3. The van der Waals surface area contributed by atoms with Crippen LogP contribution in [-0.4, -0.2) is 82.2 Å². The zero-order chi connectivity index (χ0) is 20.8. The van der Waals surface area contributed by atoms with Crippen LogP contribution in [0.1, 0.15) is 47.0 Å². The van der Waals surface area contributed by atoms with Gasteiger partial charge < -0.3 is 29.7 Å². The van der Waals surface area contributed by atoms with Gasteiger partial charge in [0.25, 0.3) is 0 Å². The molecule has 0 aromatic rings. The fraction of sp³-hybridized carbons (Fsp3) is 0.900. The van der Waals surface area contributed by atoms with E-state index in [9.17, 15) is 4.79 Å². The summed E-state index contributed by atoms with van der Waals surface area (Å²) in [6, 6.07) is 0. The summed E-state index contributed by atoms with van der Waals surface area (Å²) < 4.78 is 15.9. The van der Waals surface area contributed by atoms with E-state index in [0.717, 1.165) is 44.9 Å². The zero-order valence-corrected chi connectivity index (χ0v) is 21.1. The number of hydrogen-bond acceptors (Lipinski definition) is 5. The Morgan fingerprint density at radius 2 is 1.97 bits per heavy atom. The lowest BCUT2D eigenvalue weighted by Gasteiger charge is -2.33.